The lowest BCUT2D eigenvalue weighted by atomic mass is 10.0. The smallest absolute Gasteiger partial charge is 0.306 e. The molecule has 0 radical (unpaired) electrons. The molecule has 0 saturated carbocycles. The number of hydrogen-bond acceptors (Lipinski definition) is 6. The second kappa shape index (κ2) is 59.5. The number of carbonyl (C=O) groups excluding carboxylic acids is 3. The Morgan fingerprint density at radius 3 is 0.814 bits per heavy atom. The Labute approximate surface area is 436 Å². The fourth-order valence-electron chi connectivity index (χ4n) is 9.48. The fraction of sp³-hybridized carbons (Fsp3) is 0.891. The molecule has 0 spiro atoms. The lowest BCUT2D eigenvalue weighted by Gasteiger charge is -2.18. The van der Waals surface area contributed by atoms with Crippen molar-refractivity contribution in [2.75, 3.05) is 13.2 Å². The standard InChI is InChI=1S/C64H120O6/c1-4-7-10-13-16-19-22-25-28-30-32-34-36-39-42-45-48-51-54-57-63(66)69-60-61(59-68-62(65)56-53-50-47-44-41-38-35-27-24-21-18-15-12-9-6-3)70-64(67)58-55-52-49-46-43-40-37-33-31-29-26-23-20-17-14-11-8-5-2/h18,21,27,35,61H,4-17,19-20,22-26,28-34,36-60H2,1-3H3/b21-18-,35-27-. The average molecular weight is 986 g/mol. The Morgan fingerprint density at radius 2 is 0.514 bits per heavy atom. The zero-order valence-electron chi connectivity index (χ0n) is 47.3. The zero-order chi connectivity index (χ0) is 50.7. The van der Waals surface area contributed by atoms with E-state index in [4.69, 9.17) is 14.2 Å². The van der Waals surface area contributed by atoms with Crippen LogP contribution in [0, 0.1) is 0 Å². The molecule has 0 aromatic rings. The van der Waals surface area contributed by atoms with Gasteiger partial charge in [0.05, 0.1) is 0 Å². The molecule has 0 amide bonds. The highest BCUT2D eigenvalue weighted by Crippen LogP contribution is 2.18. The lowest BCUT2D eigenvalue weighted by Crippen LogP contribution is -2.30. The molecule has 0 fully saturated rings. The Bertz CT molecular complexity index is 1130. The van der Waals surface area contributed by atoms with Crippen LogP contribution in [0.25, 0.3) is 0 Å². The van der Waals surface area contributed by atoms with E-state index in [9.17, 15) is 14.4 Å². The molecular formula is C64H120O6. The summed E-state index contributed by atoms with van der Waals surface area (Å²) in [6.07, 6.45) is 70.3. The van der Waals surface area contributed by atoms with Gasteiger partial charge in [0.2, 0.25) is 0 Å². The molecule has 0 heterocycles. The third-order valence-electron chi connectivity index (χ3n) is 14.2. The van der Waals surface area contributed by atoms with Gasteiger partial charge in [-0.25, -0.2) is 0 Å². The van der Waals surface area contributed by atoms with Crippen molar-refractivity contribution < 1.29 is 28.6 Å². The van der Waals surface area contributed by atoms with E-state index in [1.165, 1.54) is 231 Å². The molecule has 0 N–H and O–H groups in total. The molecule has 0 aromatic carbocycles. The Balaban J connectivity index is 4.31. The minimum absolute atomic E-state index is 0.0696. The summed E-state index contributed by atoms with van der Waals surface area (Å²) < 4.78 is 16.9. The highest BCUT2D eigenvalue weighted by molar-refractivity contribution is 5.71. The summed E-state index contributed by atoms with van der Waals surface area (Å²) in [5.74, 6) is -0.857. The van der Waals surface area contributed by atoms with Crippen LogP contribution in [-0.4, -0.2) is 37.2 Å². The largest absolute Gasteiger partial charge is 0.462 e. The van der Waals surface area contributed by atoms with Gasteiger partial charge < -0.3 is 14.2 Å². The van der Waals surface area contributed by atoms with Crippen LogP contribution in [0.15, 0.2) is 24.3 Å². The van der Waals surface area contributed by atoms with E-state index >= 15 is 0 Å². The first-order valence-electron chi connectivity index (χ1n) is 31.3. The number of esters is 3. The summed E-state index contributed by atoms with van der Waals surface area (Å²) in [5, 5.41) is 0. The first kappa shape index (κ1) is 67.9. The monoisotopic (exact) mass is 985 g/mol. The second-order valence-corrected chi connectivity index (χ2v) is 21.3. The molecule has 1 unspecified atom stereocenters. The minimum atomic E-state index is -0.773. The van der Waals surface area contributed by atoms with Gasteiger partial charge in [-0.3, -0.25) is 14.4 Å². The fourth-order valence-corrected chi connectivity index (χ4v) is 9.48. The van der Waals surface area contributed by atoms with Gasteiger partial charge in [0.1, 0.15) is 13.2 Å². The van der Waals surface area contributed by atoms with E-state index in [1.54, 1.807) is 0 Å². The molecule has 0 aromatic heterocycles. The van der Waals surface area contributed by atoms with E-state index in [-0.39, 0.29) is 31.1 Å². The molecule has 0 aliphatic carbocycles. The quantitative estimate of drug-likeness (QED) is 0.0261. The van der Waals surface area contributed by atoms with Gasteiger partial charge in [-0.1, -0.05) is 302 Å². The lowest BCUT2D eigenvalue weighted by molar-refractivity contribution is -0.167. The Morgan fingerprint density at radius 1 is 0.286 bits per heavy atom. The van der Waals surface area contributed by atoms with E-state index in [2.05, 4.69) is 45.1 Å². The Hall–Kier alpha value is -2.11. The van der Waals surface area contributed by atoms with E-state index in [0.717, 1.165) is 77.0 Å². The van der Waals surface area contributed by atoms with Crippen molar-refractivity contribution in [3.05, 3.63) is 24.3 Å². The molecule has 1 atom stereocenters. The van der Waals surface area contributed by atoms with E-state index in [1.807, 2.05) is 0 Å². The number of carbonyl (C=O) groups is 3. The summed E-state index contributed by atoms with van der Waals surface area (Å²) >= 11 is 0. The third kappa shape index (κ3) is 56.8. The number of unbranched alkanes of at least 4 members (excludes halogenated alkanes) is 43. The summed E-state index contributed by atoms with van der Waals surface area (Å²) in [6, 6.07) is 0. The number of hydrogen-bond donors (Lipinski definition) is 0. The maximum atomic E-state index is 12.9. The van der Waals surface area contributed by atoms with Crippen LogP contribution >= 0.6 is 0 Å². The summed E-state index contributed by atoms with van der Waals surface area (Å²) in [5.41, 5.74) is 0. The predicted molar refractivity (Wildman–Crippen MR) is 303 cm³/mol. The summed E-state index contributed by atoms with van der Waals surface area (Å²) in [4.78, 5) is 38.3. The van der Waals surface area contributed by atoms with Crippen molar-refractivity contribution in [3.63, 3.8) is 0 Å². The predicted octanol–water partition coefficient (Wildman–Crippen LogP) is 21.1. The number of allylic oxidation sites excluding steroid dienone is 4. The second-order valence-electron chi connectivity index (χ2n) is 21.3. The van der Waals surface area contributed by atoms with Crippen molar-refractivity contribution in [2.24, 2.45) is 0 Å². The van der Waals surface area contributed by atoms with Gasteiger partial charge in [0.25, 0.3) is 0 Å². The van der Waals surface area contributed by atoms with Gasteiger partial charge in [-0.05, 0) is 51.4 Å². The van der Waals surface area contributed by atoms with Crippen LogP contribution in [0.4, 0.5) is 0 Å². The summed E-state index contributed by atoms with van der Waals surface area (Å²) in [6.45, 7) is 6.67. The maximum absolute atomic E-state index is 12.9. The normalized spacial score (nSPS) is 12.1. The van der Waals surface area contributed by atoms with Crippen molar-refractivity contribution in [2.45, 2.75) is 354 Å². The minimum Gasteiger partial charge on any atom is -0.462 e. The average Bonchev–Trinajstić information content (AvgIpc) is 3.36. The molecule has 6 heteroatoms. The van der Waals surface area contributed by atoms with E-state index in [0.29, 0.717) is 19.3 Å². The van der Waals surface area contributed by atoms with Gasteiger partial charge in [-0.2, -0.15) is 0 Å². The molecule has 70 heavy (non-hydrogen) atoms. The molecule has 0 saturated heterocycles. The molecule has 0 aliphatic rings. The van der Waals surface area contributed by atoms with Crippen molar-refractivity contribution in [3.8, 4) is 0 Å². The van der Waals surface area contributed by atoms with Crippen LogP contribution in [0.3, 0.4) is 0 Å². The molecular weight excluding hydrogens is 865 g/mol. The molecule has 412 valence electrons. The van der Waals surface area contributed by atoms with Crippen LogP contribution < -0.4 is 0 Å². The number of ether oxygens (including phenoxy) is 3. The highest BCUT2D eigenvalue weighted by Gasteiger charge is 2.19. The van der Waals surface area contributed by atoms with Crippen LogP contribution in [0.2, 0.25) is 0 Å². The summed E-state index contributed by atoms with van der Waals surface area (Å²) in [7, 11) is 0. The van der Waals surface area contributed by atoms with Crippen LogP contribution in [-0.2, 0) is 28.6 Å². The first-order chi connectivity index (χ1) is 34.5. The van der Waals surface area contributed by atoms with Crippen LogP contribution in [0.5, 0.6) is 0 Å². The molecule has 0 rings (SSSR count). The van der Waals surface area contributed by atoms with E-state index < -0.39 is 6.10 Å². The first-order valence-corrected chi connectivity index (χ1v) is 31.3. The van der Waals surface area contributed by atoms with Gasteiger partial charge in [0, 0.05) is 19.3 Å². The van der Waals surface area contributed by atoms with Gasteiger partial charge in [0.15, 0.2) is 6.10 Å². The van der Waals surface area contributed by atoms with Gasteiger partial charge >= 0.3 is 17.9 Å². The SMILES string of the molecule is CCCCC/C=C\C/C=C\CCCCCCCC(=O)OCC(COC(=O)CCCCCCCCCCCCCCCCCCCCC)OC(=O)CCCCCCCCCCCCCCCCCCCC. The number of rotatable bonds is 58. The topological polar surface area (TPSA) is 78.9 Å². The maximum Gasteiger partial charge on any atom is 0.306 e. The highest BCUT2D eigenvalue weighted by atomic mass is 16.6. The van der Waals surface area contributed by atoms with Crippen molar-refractivity contribution in [1.29, 1.82) is 0 Å². The van der Waals surface area contributed by atoms with Gasteiger partial charge in [-0.15, -0.1) is 0 Å². The Kier molecular flexibility index (Phi) is 57.7. The zero-order valence-corrected chi connectivity index (χ0v) is 47.3. The molecule has 6 nitrogen and oxygen atoms in total. The van der Waals surface area contributed by atoms with Crippen LogP contribution in [0.1, 0.15) is 348 Å². The third-order valence-corrected chi connectivity index (χ3v) is 14.2. The van der Waals surface area contributed by atoms with Crippen molar-refractivity contribution in [1.82, 2.24) is 0 Å². The molecule has 0 aliphatic heterocycles. The van der Waals surface area contributed by atoms with Crippen molar-refractivity contribution >= 4 is 17.9 Å². The molecule has 0 bridgehead atoms.